The van der Waals surface area contributed by atoms with Gasteiger partial charge in [0.25, 0.3) is 10.1 Å². The van der Waals surface area contributed by atoms with E-state index in [1.807, 2.05) is 0 Å². The summed E-state index contributed by atoms with van der Waals surface area (Å²) in [7, 11) is -3.67. The van der Waals surface area contributed by atoms with Gasteiger partial charge in [-0.2, -0.15) is 8.42 Å². The minimum atomic E-state index is -3.67. The van der Waals surface area contributed by atoms with E-state index >= 15 is 0 Å². The highest BCUT2D eigenvalue weighted by Crippen LogP contribution is 2.08. The number of pyridine rings is 1. The number of hydrogen-bond acceptors (Lipinski definition) is 4. The highest BCUT2D eigenvalue weighted by atomic mass is 32.2. The Balaban J connectivity index is 0.000000385. The van der Waals surface area contributed by atoms with Crippen LogP contribution >= 0.6 is 0 Å². The normalized spacial score (nSPS) is 9.88. The van der Waals surface area contributed by atoms with Crippen LogP contribution in [0.2, 0.25) is 0 Å². The average molecular weight is 244 g/mol. The Kier molecular flexibility index (Phi) is 5.34. The molecule has 1 amide bonds. The van der Waals surface area contributed by atoms with E-state index in [0.29, 0.717) is 11.8 Å². The standard InChI is InChI=1S/C8H8N2O.CH4O3S/c1-6(8(9)11)7-3-2-4-10-5-7;1-5(2,3)4/h2-5H,1H2,(H2,9,11);1H3,(H,2,3,4). The molecule has 6 nitrogen and oxygen atoms in total. The van der Waals surface area contributed by atoms with Gasteiger partial charge in [0, 0.05) is 23.5 Å². The molecule has 0 saturated heterocycles. The fraction of sp³-hybridized carbons (Fsp3) is 0.111. The lowest BCUT2D eigenvalue weighted by Gasteiger charge is -1.97. The van der Waals surface area contributed by atoms with E-state index < -0.39 is 16.0 Å². The first-order valence-corrected chi connectivity index (χ1v) is 5.88. The molecule has 3 N–H and O–H groups in total. The van der Waals surface area contributed by atoms with Gasteiger partial charge in [-0.25, -0.2) is 0 Å². The van der Waals surface area contributed by atoms with Crippen LogP contribution in [0.3, 0.4) is 0 Å². The van der Waals surface area contributed by atoms with Gasteiger partial charge in [0.15, 0.2) is 0 Å². The van der Waals surface area contributed by atoms with Crippen molar-refractivity contribution in [2.24, 2.45) is 5.73 Å². The van der Waals surface area contributed by atoms with Crippen molar-refractivity contribution < 1.29 is 17.8 Å². The summed E-state index contributed by atoms with van der Waals surface area (Å²) in [5, 5.41) is 0. The molecule has 88 valence electrons. The van der Waals surface area contributed by atoms with E-state index in [2.05, 4.69) is 11.6 Å². The number of amides is 1. The number of aromatic nitrogens is 1. The minimum Gasteiger partial charge on any atom is -0.366 e. The third-order valence-electron chi connectivity index (χ3n) is 1.31. The Hall–Kier alpha value is -1.73. The molecule has 1 aromatic heterocycles. The second-order valence-electron chi connectivity index (χ2n) is 2.82. The highest BCUT2D eigenvalue weighted by molar-refractivity contribution is 7.85. The predicted octanol–water partition coefficient (Wildman–Crippen LogP) is 0.0841. The molecule has 0 radical (unpaired) electrons. The van der Waals surface area contributed by atoms with E-state index in [-0.39, 0.29) is 5.57 Å². The van der Waals surface area contributed by atoms with Gasteiger partial charge in [0.2, 0.25) is 5.91 Å². The Morgan fingerprint density at radius 3 is 2.38 bits per heavy atom. The summed E-state index contributed by atoms with van der Waals surface area (Å²) >= 11 is 0. The third-order valence-corrected chi connectivity index (χ3v) is 1.31. The van der Waals surface area contributed by atoms with Crippen molar-refractivity contribution in [3.05, 3.63) is 36.7 Å². The molecule has 7 heteroatoms. The molecule has 0 aliphatic heterocycles. The van der Waals surface area contributed by atoms with Crippen LogP contribution in [0.15, 0.2) is 31.1 Å². The Morgan fingerprint density at radius 1 is 1.56 bits per heavy atom. The number of carbonyl (C=O) groups is 1. The number of rotatable bonds is 2. The molecule has 0 unspecified atom stereocenters. The van der Waals surface area contributed by atoms with Crippen molar-refractivity contribution in [1.82, 2.24) is 4.98 Å². The topological polar surface area (TPSA) is 110 Å². The lowest BCUT2D eigenvalue weighted by Crippen LogP contribution is -2.11. The first-order valence-electron chi connectivity index (χ1n) is 4.03. The van der Waals surface area contributed by atoms with Crippen LogP contribution in [-0.2, 0) is 14.9 Å². The summed E-state index contributed by atoms with van der Waals surface area (Å²) in [6.45, 7) is 3.51. The molecular weight excluding hydrogens is 232 g/mol. The van der Waals surface area contributed by atoms with E-state index in [1.54, 1.807) is 24.5 Å². The van der Waals surface area contributed by atoms with Crippen LogP contribution < -0.4 is 5.73 Å². The van der Waals surface area contributed by atoms with Crippen molar-refractivity contribution in [1.29, 1.82) is 0 Å². The van der Waals surface area contributed by atoms with Crippen molar-refractivity contribution in [2.45, 2.75) is 0 Å². The Morgan fingerprint density at radius 2 is 2.06 bits per heavy atom. The fourth-order valence-electron chi connectivity index (χ4n) is 0.684. The van der Waals surface area contributed by atoms with Crippen molar-refractivity contribution in [3.8, 4) is 0 Å². The van der Waals surface area contributed by atoms with Crippen LogP contribution in [0.25, 0.3) is 5.57 Å². The molecule has 1 rings (SSSR count). The summed E-state index contributed by atoms with van der Waals surface area (Å²) in [5.41, 5.74) is 5.96. The molecule has 0 aliphatic carbocycles. The molecular formula is C9H12N2O4S. The quantitative estimate of drug-likeness (QED) is 0.565. The van der Waals surface area contributed by atoms with Crippen LogP contribution in [0.1, 0.15) is 5.56 Å². The van der Waals surface area contributed by atoms with Crippen molar-refractivity contribution >= 4 is 21.6 Å². The zero-order valence-electron chi connectivity index (χ0n) is 8.62. The lowest BCUT2D eigenvalue weighted by molar-refractivity contribution is -0.112. The molecule has 16 heavy (non-hydrogen) atoms. The molecule has 1 heterocycles. The molecule has 0 aliphatic rings. The van der Waals surface area contributed by atoms with Gasteiger partial charge in [0.05, 0.1) is 6.26 Å². The summed E-state index contributed by atoms with van der Waals surface area (Å²) < 4.78 is 25.9. The number of nitrogens with two attached hydrogens (primary N) is 1. The fourth-order valence-corrected chi connectivity index (χ4v) is 0.684. The molecule has 0 atom stereocenters. The Bertz CT molecular complexity index is 460. The molecule has 0 bridgehead atoms. The van der Waals surface area contributed by atoms with Gasteiger partial charge in [-0.1, -0.05) is 12.6 Å². The molecule has 1 aromatic rings. The number of carbonyl (C=O) groups excluding carboxylic acids is 1. The van der Waals surface area contributed by atoms with Gasteiger partial charge in [-0.3, -0.25) is 14.3 Å². The smallest absolute Gasteiger partial charge is 0.261 e. The summed E-state index contributed by atoms with van der Waals surface area (Å²) in [6, 6.07) is 3.46. The van der Waals surface area contributed by atoms with Crippen LogP contribution in [0.5, 0.6) is 0 Å². The van der Waals surface area contributed by atoms with E-state index in [1.165, 1.54) is 0 Å². The first-order chi connectivity index (χ1) is 7.22. The maximum atomic E-state index is 10.6. The molecule has 0 spiro atoms. The SMILES string of the molecule is C=C(C(N)=O)c1cccnc1.CS(=O)(=O)O. The second kappa shape index (κ2) is 5.99. The van der Waals surface area contributed by atoms with Crippen LogP contribution in [0, 0.1) is 0 Å². The highest BCUT2D eigenvalue weighted by Gasteiger charge is 2.02. The maximum Gasteiger partial charge on any atom is 0.261 e. The lowest BCUT2D eigenvalue weighted by atomic mass is 10.1. The third kappa shape index (κ3) is 7.65. The Labute approximate surface area is 93.6 Å². The van der Waals surface area contributed by atoms with Gasteiger partial charge in [0.1, 0.15) is 0 Å². The molecule has 0 saturated carbocycles. The number of nitrogens with zero attached hydrogens (tertiary/aromatic N) is 1. The van der Waals surface area contributed by atoms with E-state index in [9.17, 15) is 13.2 Å². The van der Waals surface area contributed by atoms with Gasteiger partial charge < -0.3 is 5.73 Å². The van der Waals surface area contributed by atoms with Gasteiger partial charge in [-0.05, 0) is 6.07 Å². The number of primary amides is 1. The van der Waals surface area contributed by atoms with Gasteiger partial charge in [-0.15, -0.1) is 0 Å². The maximum absolute atomic E-state index is 10.6. The van der Waals surface area contributed by atoms with Crippen molar-refractivity contribution in [3.63, 3.8) is 0 Å². The summed E-state index contributed by atoms with van der Waals surface area (Å²) in [6.07, 6.45) is 3.89. The van der Waals surface area contributed by atoms with Crippen LogP contribution in [-0.4, -0.2) is 30.1 Å². The van der Waals surface area contributed by atoms with Crippen LogP contribution in [0.4, 0.5) is 0 Å². The predicted molar refractivity (Wildman–Crippen MR) is 59.9 cm³/mol. The molecule has 0 aromatic carbocycles. The summed E-state index contributed by atoms with van der Waals surface area (Å²) in [5.74, 6) is -0.516. The zero-order valence-corrected chi connectivity index (χ0v) is 9.44. The number of hydrogen-bond donors (Lipinski definition) is 2. The molecule has 0 fully saturated rings. The average Bonchev–Trinajstić information content (AvgIpc) is 2.15. The largest absolute Gasteiger partial charge is 0.366 e. The zero-order chi connectivity index (χ0) is 12.8. The monoisotopic (exact) mass is 244 g/mol. The minimum absolute atomic E-state index is 0.290. The summed E-state index contributed by atoms with van der Waals surface area (Å²) in [4.78, 5) is 14.4. The second-order valence-corrected chi connectivity index (χ2v) is 4.28. The van der Waals surface area contributed by atoms with E-state index in [4.69, 9.17) is 10.3 Å². The first kappa shape index (κ1) is 14.3. The van der Waals surface area contributed by atoms with E-state index in [0.717, 1.165) is 0 Å². The van der Waals surface area contributed by atoms with Gasteiger partial charge >= 0.3 is 0 Å². The van der Waals surface area contributed by atoms with Crippen molar-refractivity contribution in [2.75, 3.05) is 6.26 Å².